The number of nitrogens with zero attached hydrogens (tertiary/aromatic N) is 3. The molecule has 2 aromatic carbocycles. The molecule has 1 amide bonds. The fourth-order valence-corrected chi connectivity index (χ4v) is 6.21. The van der Waals surface area contributed by atoms with Gasteiger partial charge < -0.3 is 15.0 Å². The quantitative estimate of drug-likeness (QED) is 0.387. The SMILES string of the molecule is CC1=CCC(NC(=O)c2cccc(N3CCCCC3)c2)C=C1n1ccc2ccc(OCCN3CCCC3)cc2c1=O.[HH]. The fourth-order valence-electron chi connectivity index (χ4n) is 6.21. The summed E-state index contributed by atoms with van der Waals surface area (Å²) < 4.78 is 7.71. The van der Waals surface area contributed by atoms with Crippen LogP contribution in [0.5, 0.6) is 5.75 Å². The molecule has 41 heavy (non-hydrogen) atoms. The summed E-state index contributed by atoms with van der Waals surface area (Å²) in [7, 11) is 0. The molecule has 7 nitrogen and oxygen atoms in total. The van der Waals surface area contributed by atoms with E-state index in [1.54, 1.807) is 4.57 Å². The van der Waals surface area contributed by atoms with E-state index in [9.17, 15) is 9.59 Å². The van der Waals surface area contributed by atoms with Gasteiger partial charge in [0.1, 0.15) is 12.4 Å². The van der Waals surface area contributed by atoms with E-state index in [4.69, 9.17) is 4.74 Å². The first-order chi connectivity index (χ1) is 20.0. The summed E-state index contributed by atoms with van der Waals surface area (Å²) in [6.07, 6.45) is 12.8. The van der Waals surface area contributed by atoms with Crippen LogP contribution < -0.4 is 20.5 Å². The molecule has 0 radical (unpaired) electrons. The first-order valence-corrected chi connectivity index (χ1v) is 15.1. The molecule has 0 spiro atoms. The Morgan fingerprint density at radius 1 is 1.00 bits per heavy atom. The highest BCUT2D eigenvalue weighted by molar-refractivity contribution is 5.95. The van der Waals surface area contributed by atoms with Crippen molar-refractivity contribution >= 4 is 28.1 Å². The van der Waals surface area contributed by atoms with Gasteiger partial charge >= 0.3 is 0 Å². The fraction of sp³-hybridized carbons (Fsp3) is 0.412. The van der Waals surface area contributed by atoms with Crippen LogP contribution in [-0.2, 0) is 0 Å². The predicted molar refractivity (Wildman–Crippen MR) is 168 cm³/mol. The van der Waals surface area contributed by atoms with E-state index in [1.807, 2.05) is 61.7 Å². The number of pyridine rings is 1. The highest BCUT2D eigenvalue weighted by Gasteiger charge is 2.20. The molecule has 1 aliphatic carbocycles. The minimum Gasteiger partial charge on any atom is -0.492 e. The molecule has 1 aromatic heterocycles. The Balaban J connectivity index is 0.00000353. The molecular weight excluding hydrogens is 512 g/mol. The summed E-state index contributed by atoms with van der Waals surface area (Å²) in [4.78, 5) is 31.7. The van der Waals surface area contributed by atoms with Gasteiger partial charge in [0.15, 0.2) is 0 Å². The van der Waals surface area contributed by atoms with Gasteiger partial charge in [0.2, 0.25) is 0 Å². The van der Waals surface area contributed by atoms with Crippen LogP contribution in [0.3, 0.4) is 0 Å². The van der Waals surface area contributed by atoms with Gasteiger partial charge in [-0.1, -0.05) is 18.2 Å². The summed E-state index contributed by atoms with van der Waals surface area (Å²) in [5.41, 5.74) is 3.50. The molecule has 2 fully saturated rings. The number of anilines is 1. The molecule has 2 saturated heterocycles. The van der Waals surface area contributed by atoms with E-state index in [0.717, 1.165) is 55.1 Å². The number of allylic oxidation sites excluding steroid dienone is 2. The molecule has 2 aliphatic heterocycles. The molecule has 3 heterocycles. The number of hydrogen-bond donors (Lipinski definition) is 1. The van der Waals surface area contributed by atoms with Crippen molar-refractivity contribution < 1.29 is 11.0 Å². The standard InChI is InChI=1S/C34H40N4O3.H2/c1-25-10-12-28(35-33(39)27-8-7-9-29(22-27)37-17-3-2-4-18-37)23-32(25)38-19-14-26-11-13-30(24-31(26)34(38)40)41-21-20-36-15-5-6-16-36;/h7-11,13-14,19,22-24,28H,2-6,12,15-18,20-21H2,1H3,(H,35,39);1H. The number of likely N-dealkylation sites (tertiary alicyclic amines) is 1. The number of carbonyl (C=O) groups excluding carboxylic acids is 1. The summed E-state index contributed by atoms with van der Waals surface area (Å²) >= 11 is 0. The minimum atomic E-state index is -0.206. The number of ether oxygens (including phenoxy) is 1. The Hall–Kier alpha value is -3.84. The Morgan fingerprint density at radius 3 is 2.63 bits per heavy atom. The molecule has 1 unspecified atom stereocenters. The first kappa shape index (κ1) is 27.3. The molecule has 6 rings (SSSR count). The highest BCUT2D eigenvalue weighted by Crippen LogP contribution is 2.25. The van der Waals surface area contributed by atoms with Gasteiger partial charge in [0.05, 0.1) is 11.4 Å². The Morgan fingerprint density at radius 2 is 1.80 bits per heavy atom. The van der Waals surface area contributed by atoms with Crippen molar-refractivity contribution in [2.45, 2.75) is 51.5 Å². The molecule has 3 aliphatic rings. The second kappa shape index (κ2) is 12.4. The second-order valence-electron chi connectivity index (χ2n) is 11.5. The lowest BCUT2D eigenvalue weighted by Gasteiger charge is -2.29. The number of carbonyl (C=O) groups is 1. The van der Waals surface area contributed by atoms with Gasteiger partial charge in [-0.3, -0.25) is 19.1 Å². The molecule has 1 N–H and O–H groups in total. The van der Waals surface area contributed by atoms with Gasteiger partial charge in [0, 0.05) is 44.2 Å². The van der Waals surface area contributed by atoms with Crippen LogP contribution in [0.15, 0.2) is 77.2 Å². The van der Waals surface area contributed by atoms with Gasteiger partial charge in [-0.25, -0.2) is 0 Å². The Bertz CT molecular complexity index is 1530. The van der Waals surface area contributed by atoms with Crippen molar-refractivity contribution in [3.8, 4) is 5.75 Å². The average Bonchev–Trinajstić information content (AvgIpc) is 3.53. The number of rotatable bonds is 8. The number of amides is 1. The van der Waals surface area contributed by atoms with E-state index in [1.165, 1.54) is 32.1 Å². The molecule has 0 saturated carbocycles. The van der Waals surface area contributed by atoms with Crippen LogP contribution in [0.1, 0.15) is 57.2 Å². The zero-order valence-corrected chi connectivity index (χ0v) is 24.0. The zero-order valence-electron chi connectivity index (χ0n) is 24.0. The van der Waals surface area contributed by atoms with Gasteiger partial charge in [0.25, 0.3) is 11.5 Å². The third kappa shape index (κ3) is 6.25. The smallest absolute Gasteiger partial charge is 0.263 e. The van der Waals surface area contributed by atoms with Crippen molar-refractivity contribution in [1.82, 2.24) is 14.8 Å². The number of benzene rings is 2. The van der Waals surface area contributed by atoms with Crippen LogP contribution in [0, 0.1) is 0 Å². The van der Waals surface area contributed by atoms with Gasteiger partial charge in [-0.05, 0) is 112 Å². The Kier molecular flexibility index (Phi) is 8.23. The van der Waals surface area contributed by atoms with E-state index < -0.39 is 0 Å². The molecule has 216 valence electrons. The first-order valence-electron chi connectivity index (χ1n) is 15.1. The number of fused-ring (bicyclic) bond motifs is 1. The van der Waals surface area contributed by atoms with E-state index in [2.05, 4.69) is 27.3 Å². The summed E-state index contributed by atoms with van der Waals surface area (Å²) in [6, 6.07) is 15.4. The lowest BCUT2D eigenvalue weighted by atomic mass is 9.99. The predicted octanol–water partition coefficient (Wildman–Crippen LogP) is 5.70. The number of piperidine rings is 1. The summed E-state index contributed by atoms with van der Waals surface area (Å²) in [5.74, 6) is 0.618. The molecule has 1 atom stereocenters. The maximum absolute atomic E-state index is 13.7. The normalized spacial score (nSPS) is 19.6. The van der Waals surface area contributed by atoms with Crippen molar-refractivity contribution in [3.05, 3.63) is 88.4 Å². The maximum atomic E-state index is 13.7. The molecule has 3 aromatic rings. The van der Waals surface area contributed by atoms with E-state index >= 15 is 0 Å². The summed E-state index contributed by atoms with van der Waals surface area (Å²) in [6.45, 7) is 7.89. The zero-order chi connectivity index (χ0) is 28.2. The van der Waals surface area contributed by atoms with Crippen LogP contribution in [0.4, 0.5) is 5.69 Å². The van der Waals surface area contributed by atoms with Crippen LogP contribution in [0.2, 0.25) is 0 Å². The third-order valence-electron chi connectivity index (χ3n) is 8.60. The van der Waals surface area contributed by atoms with E-state index in [-0.39, 0.29) is 18.9 Å². The lowest BCUT2D eigenvalue weighted by molar-refractivity contribution is 0.0944. The Labute approximate surface area is 243 Å². The van der Waals surface area contributed by atoms with Crippen molar-refractivity contribution in [2.24, 2.45) is 0 Å². The van der Waals surface area contributed by atoms with Gasteiger partial charge in [-0.2, -0.15) is 0 Å². The minimum absolute atomic E-state index is 0. The molecular formula is C34H42N4O3. The summed E-state index contributed by atoms with van der Waals surface area (Å²) in [5, 5.41) is 4.69. The number of aromatic nitrogens is 1. The molecule has 7 heteroatoms. The highest BCUT2D eigenvalue weighted by atomic mass is 16.5. The molecule has 0 bridgehead atoms. The van der Waals surface area contributed by atoms with Crippen molar-refractivity contribution in [2.75, 3.05) is 44.2 Å². The lowest BCUT2D eigenvalue weighted by Crippen LogP contribution is -2.35. The average molecular weight is 555 g/mol. The van der Waals surface area contributed by atoms with Crippen LogP contribution in [-0.4, -0.2) is 60.7 Å². The third-order valence-corrected chi connectivity index (χ3v) is 8.60. The van der Waals surface area contributed by atoms with Crippen LogP contribution in [0.25, 0.3) is 16.5 Å². The van der Waals surface area contributed by atoms with Gasteiger partial charge in [-0.15, -0.1) is 0 Å². The number of hydrogen-bond acceptors (Lipinski definition) is 5. The largest absolute Gasteiger partial charge is 0.492 e. The van der Waals surface area contributed by atoms with Crippen molar-refractivity contribution in [1.29, 1.82) is 0 Å². The topological polar surface area (TPSA) is 66.8 Å². The maximum Gasteiger partial charge on any atom is 0.263 e. The second-order valence-corrected chi connectivity index (χ2v) is 11.5. The van der Waals surface area contributed by atoms with Crippen molar-refractivity contribution in [3.63, 3.8) is 0 Å². The monoisotopic (exact) mass is 554 g/mol. The van der Waals surface area contributed by atoms with E-state index in [0.29, 0.717) is 29.7 Å². The van der Waals surface area contributed by atoms with Crippen LogP contribution >= 0.6 is 0 Å². The number of nitrogens with one attached hydrogen (secondary N) is 1.